The molecular weight excluding hydrogens is 751 g/mol. The number of phenolic OH excluding ortho intramolecular Hbond substituents is 1. The summed E-state index contributed by atoms with van der Waals surface area (Å²) in [5, 5.41) is 27.1. The van der Waals surface area contributed by atoms with Gasteiger partial charge < -0.3 is 68.9 Å². The van der Waals surface area contributed by atoms with Gasteiger partial charge in [-0.15, -0.1) is 0 Å². The Morgan fingerprint density at radius 1 is 0.661 bits per heavy atom. The van der Waals surface area contributed by atoms with Crippen LogP contribution in [-0.2, 0) is 37.9 Å². The molecule has 6 N–H and O–H groups in total. The van der Waals surface area contributed by atoms with Gasteiger partial charge in [0.15, 0.2) is 10.5 Å². The van der Waals surface area contributed by atoms with Crippen molar-refractivity contribution in [3.8, 4) is 28.2 Å². The lowest BCUT2D eigenvalue weighted by Crippen LogP contribution is -2.31. The van der Waals surface area contributed by atoms with Gasteiger partial charge in [-0.3, -0.25) is 4.79 Å². The van der Waals surface area contributed by atoms with Crippen LogP contribution in [-0.4, -0.2) is 140 Å². The van der Waals surface area contributed by atoms with Gasteiger partial charge in [0.25, 0.3) is 0 Å². The van der Waals surface area contributed by atoms with E-state index in [1.807, 2.05) is 0 Å². The first-order valence-electron chi connectivity index (χ1n) is 18.3. The van der Waals surface area contributed by atoms with Crippen LogP contribution in [0.2, 0.25) is 0 Å². The van der Waals surface area contributed by atoms with Crippen molar-refractivity contribution in [2.24, 2.45) is 5.73 Å². The van der Waals surface area contributed by atoms with E-state index < -0.39 is 5.97 Å². The van der Waals surface area contributed by atoms with E-state index in [4.69, 9.17) is 60.3 Å². The predicted molar refractivity (Wildman–Crippen MR) is 213 cm³/mol. The summed E-state index contributed by atoms with van der Waals surface area (Å²) in [6.45, 7) is 8.41. The maximum absolute atomic E-state index is 12.5. The number of hydrogen-bond acceptors (Lipinski definition) is 14. The second-order valence-corrected chi connectivity index (χ2v) is 12.4. The number of nitrogens with two attached hydrogens (primary N) is 1. The Labute approximate surface area is 330 Å². The molecule has 2 aromatic carbocycles. The van der Waals surface area contributed by atoms with Crippen LogP contribution in [0.4, 0.5) is 5.69 Å². The molecule has 306 valence electrons. The van der Waals surface area contributed by atoms with Gasteiger partial charge in [-0.05, 0) is 54.2 Å². The van der Waals surface area contributed by atoms with Crippen molar-refractivity contribution in [1.29, 1.82) is 0 Å². The summed E-state index contributed by atoms with van der Waals surface area (Å²) >= 11 is 5.41. The van der Waals surface area contributed by atoms with E-state index >= 15 is 0 Å². The lowest BCUT2D eigenvalue weighted by atomic mass is 9.90. The molecule has 0 bridgehead atoms. The van der Waals surface area contributed by atoms with Crippen molar-refractivity contribution in [2.45, 2.75) is 0 Å². The highest BCUT2D eigenvalue weighted by atomic mass is 32.1. The van der Waals surface area contributed by atoms with E-state index in [9.17, 15) is 19.8 Å². The Bertz CT molecular complexity index is 1810. The number of hydrogen-bond donors (Lipinski definition) is 5. The molecule has 17 heteroatoms. The first-order chi connectivity index (χ1) is 27.4. The zero-order chi connectivity index (χ0) is 39.8. The van der Waals surface area contributed by atoms with Gasteiger partial charge in [0.1, 0.15) is 17.1 Å². The third-order valence-electron chi connectivity index (χ3n) is 7.85. The number of carboxylic acids is 1. The molecule has 1 aliphatic heterocycles. The van der Waals surface area contributed by atoms with Crippen LogP contribution < -0.4 is 21.8 Å². The molecule has 0 radical (unpaired) electrons. The Balaban J connectivity index is 1.02. The fraction of sp³-hybridized carbons (Fsp3) is 0.462. The van der Waals surface area contributed by atoms with E-state index in [0.717, 1.165) is 0 Å². The molecular formula is C39H51N3O13S. The molecule has 2 aliphatic rings. The number of carbonyl (C=O) groups is 1. The minimum atomic E-state index is -1.16. The summed E-state index contributed by atoms with van der Waals surface area (Å²) in [7, 11) is 0. The predicted octanol–water partition coefficient (Wildman–Crippen LogP) is 3.35. The van der Waals surface area contributed by atoms with Crippen LogP contribution >= 0.6 is 12.2 Å². The first-order valence-corrected chi connectivity index (χ1v) is 18.7. The van der Waals surface area contributed by atoms with Crippen molar-refractivity contribution in [2.75, 3.05) is 124 Å². The number of thiocarbonyl (C=S) groups is 1. The summed E-state index contributed by atoms with van der Waals surface area (Å²) < 4.78 is 49.5. The third-order valence-corrected chi connectivity index (χ3v) is 8.10. The van der Waals surface area contributed by atoms with Gasteiger partial charge in [-0.25, -0.2) is 4.79 Å². The standard InChI is InChI=1S/C39H51N3O13S/c40-7-9-47-11-13-49-15-17-51-19-21-53-23-24-54-22-20-52-18-16-50-14-12-48-10-8-41-39(56)42-28-1-4-31(34(25-28)38(45)46)37-32-5-2-29(43)26-35(32)55-36-27-30(44)3-6-33(36)37/h1-6,25-27,43H,7-24,40H2,(H,45,46)(H2,41,42,56). The van der Waals surface area contributed by atoms with E-state index in [-0.39, 0.29) is 22.5 Å². The highest BCUT2D eigenvalue weighted by Crippen LogP contribution is 2.42. The number of anilines is 1. The van der Waals surface area contributed by atoms with Crippen LogP contribution in [0.5, 0.6) is 5.75 Å². The highest BCUT2D eigenvalue weighted by Gasteiger charge is 2.22. The second kappa shape index (κ2) is 25.8. The monoisotopic (exact) mass is 801 g/mol. The average Bonchev–Trinajstić information content (AvgIpc) is 3.18. The smallest absolute Gasteiger partial charge is 0.336 e. The fourth-order valence-electron chi connectivity index (χ4n) is 5.30. The maximum atomic E-state index is 12.5. The quantitative estimate of drug-likeness (QED) is 0.0303. The molecule has 0 amide bonds. The molecule has 1 aliphatic carbocycles. The minimum Gasteiger partial charge on any atom is -0.508 e. The van der Waals surface area contributed by atoms with Crippen molar-refractivity contribution >= 4 is 40.0 Å². The van der Waals surface area contributed by atoms with E-state index in [1.54, 1.807) is 24.3 Å². The topological polar surface area (TPSA) is 212 Å². The van der Waals surface area contributed by atoms with Crippen LogP contribution in [0.1, 0.15) is 10.4 Å². The van der Waals surface area contributed by atoms with Crippen molar-refractivity contribution < 1.29 is 57.3 Å². The summed E-state index contributed by atoms with van der Waals surface area (Å²) in [4.78, 5) is 24.5. The lowest BCUT2D eigenvalue weighted by Gasteiger charge is -2.18. The summed E-state index contributed by atoms with van der Waals surface area (Å²) in [5.74, 6) is -0.915. The van der Waals surface area contributed by atoms with Crippen molar-refractivity contribution in [3.05, 3.63) is 70.4 Å². The number of rotatable bonds is 29. The number of carboxylic acid groups (broad SMARTS) is 1. The van der Waals surface area contributed by atoms with Gasteiger partial charge in [-0.1, -0.05) is 6.07 Å². The van der Waals surface area contributed by atoms with Crippen LogP contribution in [0.3, 0.4) is 0 Å². The molecule has 2 aromatic rings. The SMILES string of the molecule is NCCOCCOCCOCCOCCOCCOCCOCCOCCNC(=S)Nc1ccc(-c2c3ccc(=O)cc-3oc3cc(O)ccc23)c(C(=O)O)c1. The van der Waals surface area contributed by atoms with E-state index in [1.165, 1.54) is 30.3 Å². The van der Waals surface area contributed by atoms with Gasteiger partial charge in [0.2, 0.25) is 0 Å². The first kappa shape index (κ1) is 44.4. The number of aromatic hydroxyl groups is 1. The normalized spacial score (nSPS) is 11.4. The molecule has 1 heterocycles. The lowest BCUT2D eigenvalue weighted by molar-refractivity contribution is -0.0228. The van der Waals surface area contributed by atoms with Crippen molar-refractivity contribution in [3.63, 3.8) is 0 Å². The maximum Gasteiger partial charge on any atom is 0.336 e. The molecule has 4 rings (SSSR count). The second-order valence-electron chi connectivity index (χ2n) is 11.9. The number of benzene rings is 3. The van der Waals surface area contributed by atoms with Gasteiger partial charge in [0.05, 0.1) is 111 Å². The fourth-order valence-corrected chi connectivity index (χ4v) is 5.52. The third kappa shape index (κ3) is 15.7. The molecule has 0 spiro atoms. The Morgan fingerprint density at radius 2 is 1.18 bits per heavy atom. The highest BCUT2D eigenvalue weighted by molar-refractivity contribution is 7.80. The molecule has 0 aromatic heterocycles. The molecule has 0 saturated heterocycles. The Hall–Kier alpha value is -4.27. The molecule has 0 atom stereocenters. The number of fused-ring (bicyclic) bond motifs is 2. The Morgan fingerprint density at radius 3 is 1.71 bits per heavy atom. The zero-order valence-electron chi connectivity index (χ0n) is 31.3. The number of nitrogens with one attached hydrogen (secondary N) is 2. The number of ether oxygens (including phenoxy) is 8. The summed E-state index contributed by atoms with van der Waals surface area (Å²) in [5.41, 5.74) is 7.37. The van der Waals surface area contributed by atoms with Crippen LogP contribution in [0.25, 0.3) is 33.4 Å². The average molecular weight is 802 g/mol. The largest absolute Gasteiger partial charge is 0.508 e. The molecule has 56 heavy (non-hydrogen) atoms. The summed E-state index contributed by atoms with van der Waals surface area (Å²) in [6.07, 6.45) is 0. The van der Waals surface area contributed by atoms with Gasteiger partial charge in [0, 0.05) is 47.4 Å². The number of phenols is 1. The Kier molecular flexibility index (Phi) is 20.5. The van der Waals surface area contributed by atoms with Crippen LogP contribution in [0, 0.1) is 0 Å². The van der Waals surface area contributed by atoms with E-state index in [0.29, 0.717) is 157 Å². The molecule has 16 nitrogen and oxygen atoms in total. The van der Waals surface area contributed by atoms with Gasteiger partial charge in [-0.2, -0.15) is 0 Å². The van der Waals surface area contributed by atoms with E-state index in [2.05, 4.69) is 10.6 Å². The molecule has 0 saturated carbocycles. The van der Waals surface area contributed by atoms with Crippen LogP contribution in [0.15, 0.2) is 63.8 Å². The molecule has 0 fully saturated rings. The summed E-state index contributed by atoms with van der Waals surface area (Å²) in [6, 6.07) is 13.8. The number of aromatic carboxylic acids is 1. The molecule has 0 unspecified atom stereocenters. The van der Waals surface area contributed by atoms with Gasteiger partial charge >= 0.3 is 5.97 Å². The minimum absolute atomic E-state index is 0.00664. The zero-order valence-corrected chi connectivity index (χ0v) is 32.1. The van der Waals surface area contributed by atoms with Crippen molar-refractivity contribution in [1.82, 2.24) is 5.32 Å².